The summed E-state index contributed by atoms with van der Waals surface area (Å²) in [6.45, 7) is 0.458. The smallest absolute Gasteiger partial charge is 0.244 e. The van der Waals surface area contributed by atoms with Crippen molar-refractivity contribution in [1.82, 2.24) is 15.5 Å². The Bertz CT molecular complexity index is 564. The average Bonchev–Trinajstić information content (AvgIpc) is 2.90. The van der Waals surface area contributed by atoms with Crippen LogP contribution in [0.2, 0.25) is 0 Å². The lowest BCUT2D eigenvalue weighted by atomic mass is 10.2. The largest absolute Gasteiger partial charge is 0.399 e. The third kappa shape index (κ3) is 4.27. The molecule has 0 aliphatic heterocycles. The van der Waals surface area contributed by atoms with Gasteiger partial charge in [0, 0.05) is 24.7 Å². The van der Waals surface area contributed by atoms with Gasteiger partial charge in [-0.05, 0) is 23.8 Å². The molecule has 1 heterocycles. The van der Waals surface area contributed by atoms with Crippen LogP contribution in [0, 0.1) is 0 Å². The molecule has 2 rings (SSSR count). The lowest BCUT2D eigenvalue weighted by Crippen LogP contribution is -2.23. The molecule has 0 bridgehead atoms. The standard InChI is InChI=1S/C13H14N4O2/c14-11-3-1-2-10(8-11)4-5-13(18)15-7-6-12-16-9-19-17-12/h1-5,8-9H,6-7,14H2,(H,15,18)/b5-4+. The minimum absolute atomic E-state index is 0.175. The van der Waals surface area contributed by atoms with Gasteiger partial charge in [0.25, 0.3) is 0 Å². The zero-order chi connectivity index (χ0) is 13.5. The van der Waals surface area contributed by atoms with Crippen molar-refractivity contribution in [2.45, 2.75) is 6.42 Å². The van der Waals surface area contributed by atoms with Crippen LogP contribution in [0.15, 0.2) is 41.3 Å². The van der Waals surface area contributed by atoms with Gasteiger partial charge in [0.15, 0.2) is 5.82 Å². The van der Waals surface area contributed by atoms with Crippen molar-refractivity contribution in [3.8, 4) is 0 Å². The summed E-state index contributed by atoms with van der Waals surface area (Å²) in [6.07, 6.45) is 4.97. The average molecular weight is 258 g/mol. The van der Waals surface area contributed by atoms with E-state index in [9.17, 15) is 4.79 Å². The number of benzene rings is 1. The van der Waals surface area contributed by atoms with E-state index in [1.165, 1.54) is 12.5 Å². The van der Waals surface area contributed by atoms with E-state index >= 15 is 0 Å². The summed E-state index contributed by atoms with van der Waals surface area (Å²) < 4.78 is 4.59. The summed E-state index contributed by atoms with van der Waals surface area (Å²) in [5, 5.41) is 6.37. The van der Waals surface area contributed by atoms with E-state index in [1.54, 1.807) is 18.2 Å². The first-order valence-corrected chi connectivity index (χ1v) is 5.81. The van der Waals surface area contributed by atoms with Gasteiger partial charge >= 0.3 is 0 Å². The van der Waals surface area contributed by atoms with Gasteiger partial charge in [-0.25, -0.2) is 0 Å². The van der Waals surface area contributed by atoms with Gasteiger partial charge < -0.3 is 15.6 Å². The van der Waals surface area contributed by atoms with Crippen molar-refractivity contribution in [2.75, 3.05) is 12.3 Å². The number of hydrogen-bond acceptors (Lipinski definition) is 5. The molecule has 1 aromatic heterocycles. The number of nitrogens with zero attached hydrogens (tertiary/aromatic N) is 2. The summed E-state index contributed by atoms with van der Waals surface area (Å²) in [4.78, 5) is 15.4. The molecule has 1 amide bonds. The summed E-state index contributed by atoms with van der Waals surface area (Å²) in [6, 6.07) is 7.30. The van der Waals surface area contributed by atoms with E-state index in [0.717, 1.165) is 5.56 Å². The van der Waals surface area contributed by atoms with Crippen molar-refractivity contribution in [2.24, 2.45) is 0 Å². The molecular weight excluding hydrogens is 244 g/mol. The van der Waals surface area contributed by atoms with Crippen molar-refractivity contribution < 1.29 is 9.32 Å². The Hall–Kier alpha value is -2.63. The number of nitrogen functional groups attached to an aromatic ring is 1. The maximum absolute atomic E-state index is 11.5. The summed E-state index contributed by atoms with van der Waals surface area (Å²) in [5.41, 5.74) is 7.19. The minimum Gasteiger partial charge on any atom is -0.399 e. The lowest BCUT2D eigenvalue weighted by molar-refractivity contribution is -0.116. The lowest BCUT2D eigenvalue weighted by Gasteiger charge is -1.99. The second kappa shape index (κ2) is 6.34. The summed E-state index contributed by atoms with van der Waals surface area (Å²) in [5.74, 6) is 0.394. The highest BCUT2D eigenvalue weighted by Crippen LogP contribution is 2.07. The van der Waals surface area contributed by atoms with E-state index in [-0.39, 0.29) is 5.91 Å². The Morgan fingerprint density at radius 2 is 2.37 bits per heavy atom. The zero-order valence-corrected chi connectivity index (χ0v) is 10.2. The number of aromatic nitrogens is 2. The molecule has 6 nitrogen and oxygen atoms in total. The highest BCUT2D eigenvalue weighted by molar-refractivity contribution is 5.91. The van der Waals surface area contributed by atoms with Crippen LogP contribution in [0.5, 0.6) is 0 Å². The molecule has 19 heavy (non-hydrogen) atoms. The van der Waals surface area contributed by atoms with Crippen molar-refractivity contribution in [3.63, 3.8) is 0 Å². The zero-order valence-electron chi connectivity index (χ0n) is 10.2. The fourth-order valence-electron chi connectivity index (χ4n) is 1.49. The van der Waals surface area contributed by atoms with E-state index in [0.29, 0.717) is 24.5 Å². The predicted octanol–water partition coefficient (Wildman–Crippen LogP) is 1.02. The van der Waals surface area contributed by atoms with Crippen LogP contribution in [0.3, 0.4) is 0 Å². The van der Waals surface area contributed by atoms with Crippen LogP contribution in [0.25, 0.3) is 6.08 Å². The fourth-order valence-corrected chi connectivity index (χ4v) is 1.49. The van der Waals surface area contributed by atoms with E-state index in [4.69, 9.17) is 5.73 Å². The number of nitrogens with one attached hydrogen (secondary N) is 1. The summed E-state index contributed by atoms with van der Waals surface area (Å²) in [7, 11) is 0. The van der Waals surface area contributed by atoms with Crippen LogP contribution in [0.1, 0.15) is 11.4 Å². The SMILES string of the molecule is Nc1cccc(/C=C/C(=O)NCCc2ncon2)c1. The molecule has 0 aliphatic rings. The number of amides is 1. The van der Waals surface area contributed by atoms with Crippen LogP contribution < -0.4 is 11.1 Å². The third-order valence-electron chi connectivity index (χ3n) is 2.39. The third-order valence-corrected chi connectivity index (χ3v) is 2.39. The molecule has 1 aromatic carbocycles. The first-order chi connectivity index (χ1) is 9.24. The molecule has 0 fully saturated rings. The topological polar surface area (TPSA) is 94.0 Å². The first-order valence-electron chi connectivity index (χ1n) is 5.81. The Morgan fingerprint density at radius 1 is 1.47 bits per heavy atom. The highest BCUT2D eigenvalue weighted by atomic mass is 16.5. The maximum atomic E-state index is 11.5. The number of carbonyl (C=O) groups excluding carboxylic acids is 1. The molecule has 0 saturated heterocycles. The second-order valence-corrected chi connectivity index (χ2v) is 3.89. The Morgan fingerprint density at radius 3 is 3.11 bits per heavy atom. The first kappa shape index (κ1) is 12.8. The van der Waals surface area contributed by atoms with E-state index in [2.05, 4.69) is 20.0 Å². The van der Waals surface area contributed by atoms with Gasteiger partial charge in [-0.15, -0.1) is 0 Å². The molecule has 0 aliphatic carbocycles. The molecule has 98 valence electrons. The number of carbonyl (C=O) groups is 1. The summed E-state index contributed by atoms with van der Waals surface area (Å²) >= 11 is 0. The number of nitrogens with two attached hydrogens (primary N) is 1. The quantitative estimate of drug-likeness (QED) is 0.617. The number of hydrogen-bond donors (Lipinski definition) is 2. The van der Waals surface area contributed by atoms with Gasteiger partial charge in [-0.2, -0.15) is 4.98 Å². The normalized spacial score (nSPS) is 10.7. The monoisotopic (exact) mass is 258 g/mol. The molecule has 2 aromatic rings. The molecule has 0 unspecified atom stereocenters. The maximum Gasteiger partial charge on any atom is 0.244 e. The predicted molar refractivity (Wildman–Crippen MR) is 70.9 cm³/mol. The molecular formula is C13H14N4O2. The van der Waals surface area contributed by atoms with E-state index < -0.39 is 0 Å². The number of rotatable bonds is 5. The molecule has 0 radical (unpaired) electrons. The molecule has 0 saturated carbocycles. The molecule has 0 spiro atoms. The van der Waals surface area contributed by atoms with Gasteiger partial charge in [-0.1, -0.05) is 17.3 Å². The van der Waals surface area contributed by atoms with Crippen LogP contribution >= 0.6 is 0 Å². The van der Waals surface area contributed by atoms with Crippen LogP contribution in [0.4, 0.5) is 5.69 Å². The van der Waals surface area contributed by atoms with Gasteiger partial charge in [0.2, 0.25) is 12.3 Å². The molecule has 6 heteroatoms. The Kier molecular flexibility index (Phi) is 4.28. The van der Waals surface area contributed by atoms with Gasteiger partial charge in [0.05, 0.1) is 0 Å². The van der Waals surface area contributed by atoms with Gasteiger partial charge in [0.1, 0.15) is 0 Å². The Balaban J connectivity index is 1.78. The fraction of sp³-hybridized carbons (Fsp3) is 0.154. The van der Waals surface area contributed by atoms with Crippen molar-refractivity contribution >= 4 is 17.7 Å². The molecule has 0 atom stereocenters. The van der Waals surface area contributed by atoms with Gasteiger partial charge in [-0.3, -0.25) is 4.79 Å². The van der Waals surface area contributed by atoms with Crippen LogP contribution in [-0.2, 0) is 11.2 Å². The Labute approximate surface area is 110 Å². The minimum atomic E-state index is -0.175. The second-order valence-electron chi connectivity index (χ2n) is 3.89. The van der Waals surface area contributed by atoms with Crippen molar-refractivity contribution in [3.05, 3.63) is 48.1 Å². The molecule has 3 N–H and O–H groups in total. The van der Waals surface area contributed by atoms with Crippen molar-refractivity contribution in [1.29, 1.82) is 0 Å². The van der Waals surface area contributed by atoms with Crippen LogP contribution in [-0.4, -0.2) is 22.6 Å². The van der Waals surface area contributed by atoms with E-state index in [1.807, 2.05) is 12.1 Å². The number of anilines is 1. The highest BCUT2D eigenvalue weighted by Gasteiger charge is 1.99.